The van der Waals surface area contributed by atoms with Gasteiger partial charge in [0, 0.05) is 3.57 Å². The van der Waals surface area contributed by atoms with Crippen LogP contribution in [0.4, 0.5) is 0 Å². The summed E-state index contributed by atoms with van der Waals surface area (Å²) in [6, 6.07) is 20.7. The largest absolute Gasteiger partial charge is 0.197 e. The number of nitriles is 1. The second-order valence-corrected chi connectivity index (χ2v) is 5.74. The van der Waals surface area contributed by atoms with Crippen molar-refractivity contribution >= 4 is 22.6 Å². The molecule has 0 aliphatic heterocycles. The van der Waals surface area contributed by atoms with Gasteiger partial charge in [-0.2, -0.15) is 5.26 Å². The van der Waals surface area contributed by atoms with Gasteiger partial charge < -0.3 is 0 Å². The number of rotatable bonds is 3. The zero-order valence-corrected chi connectivity index (χ0v) is 12.4. The molecule has 0 amide bonds. The van der Waals surface area contributed by atoms with Crippen LogP contribution in [-0.4, -0.2) is 0 Å². The molecule has 0 saturated carbocycles. The van der Waals surface area contributed by atoms with Crippen molar-refractivity contribution in [1.29, 1.82) is 5.26 Å². The van der Waals surface area contributed by atoms with Crippen LogP contribution in [0.25, 0.3) is 0 Å². The van der Waals surface area contributed by atoms with E-state index in [1.54, 1.807) is 0 Å². The average Bonchev–Trinajstić information content (AvgIpc) is 2.42. The lowest BCUT2D eigenvalue weighted by molar-refractivity contribution is 0.605. The van der Waals surface area contributed by atoms with Gasteiger partial charge in [0.15, 0.2) is 0 Å². The topological polar surface area (TPSA) is 23.8 Å². The predicted molar refractivity (Wildman–Crippen MR) is 82.3 cm³/mol. The summed E-state index contributed by atoms with van der Waals surface area (Å²) in [6.07, 6.45) is 0.743. The van der Waals surface area contributed by atoms with Crippen LogP contribution in [0.15, 0.2) is 54.6 Å². The molecular weight excluding hydrogens is 333 g/mol. The Labute approximate surface area is 122 Å². The molecule has 0 radical (unpaired) electrons. The Balaban J connectivity index is 2.36. The zero-order chi connectivity index (χ0) is 13.0. The maximum absolute atomic E-state index is 9.54. The molecule has 0 aliphatic carbocycles. The summed E-state index contributed by atoms with van der Waals surface area (Å²) in [5.74, 6) is 0. The molecular formula is C16H14IN. The highest BCUT2D eigenvalue weighted by Crippen LogP contribution is 2.29. The first-order chi connectivity index (χ1) is 8.65. The third-order valence-electron chi connectivity index (χ3n) is 3.16. The van der Waals surface area contributed by atoms with Crippen LogP contribution in [0.3, 0.4) is 0 Å². The van der Waals surface area contributed by atoms with E-state index in [4.69, 9.17) is 0 Å². The number of nitrogens with zero attached hydrogens (tertiary/aromatic N) is 1. The van der Waals surface area contributed by atoms with Gasteiger partial charge >= 0.3 is 0 Å². The third-order valence-corrected chi connectivity index (χ3v) is 4.21. The van der Waals surface area contributed by atoms with Crippen molar-refractivity contribution in [2.75, 3.05) is 0 Å². The molecule has 1 unspecified atom stereocenters. The van der Waals surface area contributed by atoms with Gasteiger partial charge in [0.05, 0.1) is 11.5 Å². The zero-order valence-electron chi connectivity index (χ0n) is 10.2. The minimum Gasteiger partial charge on any atom is -0.197 e. The Hall–Kier alpha value is -1.34. The second-order valence-electron chi connectivity index (χ2n) is 4.58. The van der Waals surface area contributed by atoms with Crippen LogP contribution in [0, 0.1) is 14.9 Å². The highest BCUT2D eigenvalue weighted by molar-refractivity contribution is 14.1. The van der Waals surface area contributed by atoms with Crippen LogP contribution < -0.4 is 0 Å². The highest BCUT2D eigenvalue weighted by atomic mass is 127. The fourth-order valence-electron chi connectivity index (χ4n) is 2.03. The normalized spacial score (nSPS) is 13.6. The van der Waals surface area contributed by atoms with Crippen LogP contribution in [0.5, 0.6) is 0 Å². The van der Waals surface area contributed by atoms with Gasteiger partial charge in [-0.3, -0.25) is 0 Å². The molecule has 2 heteroatoms. The van der Waals surface area contributed by atoms with Crippen LogP contribution in [0.2, 0.25) is 0 Å². The molecule has 2 aromatic carbocycles. The quantitative estimate of drug-likeness (QED) is 0.759. The first kappa shape index (κ1) is 13.1. The molecule has 0 aliphatic rings. The van der Waals surface area contributed by atoms with Crippen molar-refractivity contribution in [2.24, 2.45) is 0 Å². The van der Waals surface area contributed by atoms with Gasteiger partial charge in [-0.05, 0) is 53.1 Å². The van der Waals surface area contributed by atoms with Crippen LogP contribution >= 0.6 is 22.6 Å². The number of hydrogen-bond donors (Lipinski definition) is 0. The van der Waals surface area contributed by atoms with Crippen molar-refractivity contribution in [1.82, 2.24) is 0 Å². The predicted octanol–water partition coefficient (Wildman–Crippen LogP) is 4.32. The van der Waals surface area contributed by atoms with E-state index in [0.717, 1.165) is 12.0 Å². The Bertz CT molecular complexity index is 571. The molecule has 2 aromatic rings. The monoisotopic (exact) mass is 347 g/mol. The van der Waals surface area contributed by atoms with E-state index in [0.29, 0.717) is 0 Å². The minimum atomic E-state index is -0.470. The number of halogens is 1. The SMILES string of the molecule is CC(C#N)(Cc1ccccc1I)c1ccccc1. The summed E-state index contributed by atoms with van der Waals surface area (Å²) in [6.45, 7) is 2.01. The van der Waals surface area contributed by atoms with Crippen molar-refractivity contribution in [3.05, 3.63) is 69.3 Å². The van der Waals surface area contributed by atoms with Gasteiger partial charge in [-0.15, -0.1) is 0 Å². The summed E-state index contributed by atoms with van der Waals surface area (Å²) < 4.78 is 1.22. The molecule has 0 fully saturated rings. The van der Waals surface area contributed by atoms with E-state index >= 15 is 0 Å². The average molecular weight is 347 g/mol. The Morgan fingerprint density at radius 2 is 1.67 bits per heavy atom. The van der Waals surface area contributed by atoms with Crippen molar-refractivity contribution < 1.29 is 0 Å². The molecule has 2 rings (SSSR count). The van der Waals surface area contributed by atoms with E-state index in [-0.39, 0.29) is 0 Å². The van der Waals surface area contributed by atoms with E-state index in [2.05, 4.69) is 40.8 Å². The molecule has 0 aromatic heterocycles. The summed E-state index contributed by atoms with van der Waals surface area (Å²) in [5.41, 5.74) is 1.83. The van der Waals surface area contributed by atoms with Gasteiger partial charge in [0.25, 0.3) is 0 Å². The van der Waals surface area contributed by atoms with Crippen LogP contribution in [0.1, 0.15) is 18.1 Å². The first-order valence-corrected chi connectivity index (χ1v) is 6.94. The molecule has 1 atom stereocenters. The molecule has 0 spiro atoms. The van der Waals surface area contributed by atoms with E-state index in [1.807, 2.05) is 49.4 Å². The second kappa shape index (κ2) is 5.53. The van der Waals surface area contributed by atoms with E-state index in [9.17, 15) is 5.26 Å². The van der Waals surface area contributed by atoms with Crippen LogP contribution in [-0.2, 0) is 11.8 Å². The maximum Gasteiger partial charge on any atom is 0.0834 e. The summed E-state index contributed by atoms with van der Waals surface area (Å²) in [4.78, 5) is 0. The molecule has 0 saturated heterocycles. The molecule has 1 nitrogen and oxygen atoms in total. The van der Waals surface area contributed by atoms with Gasteiger partial charge in [0.2, 0.25) is 0 Å². The lowest BCUT2D eigenvalue weighted by Gasteiger charge is -2.22. The van der Waals surface area contributed by atoms with Gasteiger partial charge in [-0.25, -0.2) is 0 Å². The number of hydrogen-bond acceptors (Lipinski definition) is 1. The summed E-state index contributed by atoms with van der Waals surface area (Å²) >= 11 is 2.33. The van der Waals surface area contributed by atoms with Gasteiger partial charge in [-0.1, -0.05) is 48.5 Å². The van der Waals surface area contributed by atoms with Crippen molar-refractivity contribution in [2.45, 2.75) is 18.8 Å². The first-order valence-electron chi connectivity index (χ1n) is 5.86. The Morgan fingerprint density at radius 3 is 2.28 bits per heavy atom. The van der Waals surface area contributed by atoms with Crippen molar-refractivity contribution in [3.63, 3.8) is 0 Å². The molecule has 0 heterocycles. The molecule has 0 bridgehead atoms. The Morgan fingerprint density at radius 1 is 1.06 bits per heavy atom. The fraction of sp³-hybridized carbons (Fsp3) is 0.188. The summed E-state index contributed by atoms with van der Waals surface area (Å²) in [7, 11) is 0. The Kier molecular flexibility index (Phi) is 4.03. The number of benzene rings is 2. The van der Waals surface area contributed by atoms with E-state index in [1.165, 1.54) is 9.13 Å². The van der Waals surface area contributed by atoms with Gasteiger partial charge in [0.1, 0.15) is 0 Å². The molecule has 90 valence electrons. The molecule has 18 heavy (non-hydrogen) atoms. The highest BCUT2D eigenvalue weighted by Gasteiger charge is 2.27. The lowest BCUT2D eigenvalue weighted by atomic mass is 9.79. The standard InChI is InChI=1S/C16H14IN/c1-16(12-18,14-8-3-2-4-9-14)11-13-7-5-6-10-15(13)17/h2-10H,11H2,1H3. The maximum atomic E-state index is 9.54. The lowest BCUT2D eigenvalue weighted by Crippen LogP contribution is -2.23. The third kappa shape index (κ3) is 2.73. The summed E-state index contributed by atoms with van der Waals surface area (Å²) in [5, 5.41) is 9.54. The van der Waals surface area contributed by atoms with Crippen molar-refractivity contribution in [3.8, 4) is 6.07 Å². The minimum absolute atomic E-state index is 0.470. The van der Waals surface area contributed by atoms with E-state index < -0.39 is 5.41 Å². The molecule has 0 N–H and O–H groups in total. The fourth-order valence-corrected chi connectivity index (χ4v) is 2.61. The smallest absolute Gasteiger partial charge is 0.0834 e.